The minimum Gasteiger partial charge on any atom is -0.397 e. The van der Waals surface area contributed by atoms with Gasteiger partial charge in [-0.3, -0.25) is 0 Å². The van der Waals surface area contributed by atoms with Gasteiger partial charge in [0, 0.05) is 30.7 Å². The lowest BCUT2D eigenvalue weighted by Crippen LogP contribution is -2.50. The number of hydrogen-bond donors (Lipinski definition) is 1. The molecule has 0 saturated carbocycles. The molecule has 0 amide bonds. The smallest absolute Gasteiger partial charge is 0.0618 e. The molecule has 0 aliphatic carbocycles. The van der Waals surface area contributed by atoms with Crippen LogP contribution in [0.25, 0.3) is 0 Å². The molecule has 0 aromatic heterocycles. The van der Waals surface area contributed by atoms with E-state index in [1.807, 2.05) is 18.2 Å². The molecule has 1 aliphatic rings. The molecule has 88 valence electrons. The lowest BCUT2D eigenvalue weighted by Gasteiger charge is -2.40. The fraction of sp³-hybridized carbons (Fsp3) is 0.500. The lowest BCUT2D eigenvalue weighted by molar-refractivity contribution is 0.276. The second-order valence-corrected chi connectivity index (χ2v) is 4.94. The summed E-state index contributed by atoms with van der Waals surface area (Å²) in [6, 6.07) is 6.14. The first-order valence-corrected chi connectivity index (χ1v) is 5.96. The Balaban J connectivity index is 2.26. The van der Waals surface area contributed by atoms with Gasteiger partial charge in [0.05, 0.1) is 11.4 Å². The standard InChI is InChI=1S/C12H18ClN3/c1-9-8-15(2)5-6-16(9)12-7-10(13)3-4-11(12)14/h3-4,7,9H,5-6,8,14H2,1-2H3. The number of nitrogens with two attached hydrogens (primary N) is 1. The first-order valence-electron chi connectivity index (χ1n) is 5.58. The van der Waals surface area contributed by atoms with Crippen molar-refractivity contribution in [1.82, 2.24) is 4.90 Å². The Hall–Kier alpha value is -0.930. The van der Waals surface area contributed by atoms with Gasteiger partial charge in [-0.25, -0.2) is 0 Å². The Kier molecular flexibility index (Phi) is 3.26. The number of benzene rings is 1. The van der Waals surface area contributed by atoms with Gasteiger partial charge in [-0.2, -0.15) is 0 Å². The molecule has 0 radical (unpaired) electrons. The number of likely N-dealkylation sites (N-methyl/N-ethyl adjacent to an activating group) is 1. The molecule has 2 N–H and O–H groups in total. The molecule has 2 rings (SSSR count). The van der Waals surface area contributed by atoms with Gasteiger partial charge in [-0.05, 0) is 32.2 Å². The van der Waals surface area contributed by atoms with Crippen molar-refractivity contribution in [2.24, 2.45) is 0 Å². The summed E-state index contributed by atoms with van der Waals surface area (Å²) in [6.07, 6.45) is 0. The van der Waals surface area contributed by atoms with E-state index in [1.54, 1.807) is 0 Å². The van der Waals surface area contributed by atoms with Crippen LogP contribution in [0.1, 0.15) is 6.92 Å². The van der Waals surface area contributed by atoms with Crippen molar-refractivity contribution in [2.45, 2.75) is 13.0 Å². The van der Waals surface area contributed by atoms with Crippen LogP contribution in [-0.2, 0) is 0 Å². The maximum Gasteiger partial charge on any atom is 0.0618 e. The Labute approximate surface area is 102 Å². The first kappa shape index (κ1) is 11.6. The van der Waals surface area contributed by atoms with Crippen molar-refractivity contribution in [3.8, 4) is 0 Å². The molecule has 4 heteroatoms. The highest BCUT2D eigenvalue weighted by Crippen LogP contribution is 2.29. The Morgan fingerprint density at radius 2 is 2.12 bits per heavy atom. The van der Waals surface area contributed by atoms with Crippen molar-refractivity contribution in [3.05, 3.63) is 23.2 Å². The van der Waals surface area contributed by atoms with Gasteiger partial charge < -0.3 is 15.5 Å². The number of anilines is 2. The summed E-state index contributed by atoms with van der Waals surface area (Å²) in [6.45, 7) is 5.35. The van der Waals surface area contributed by atoms with Crippen LogP contribution in [0.4, 0.5) is 11.4 Å². The number of rotatable bonds is 1. The molecular weight excluding hydrogens is 222 g/mol. The van der Waals surface area contributed by atoms with E-state index < -0.39 is 0 Å². The quantitative estimate of drug-likeness (QED) is 0.762. The van der Waals surface area contributed by atoms with Crippen LogP contribution in [0.5, 0.6) is 0 Å². The third-order valence-electron chi connectivity index (χ3n) is 3.13. The van der Waals surface area contributed by atoms with Gasteiger partial charge in [0.2, 0.25) is 0 Å². The third kappa shape index (κ3) is 2.25. The van der Waals surface area contributed by atoms with Crippen molar-refractivity contribution >= 4 is 23.0 Å². The first-order chi connectivity index (χ1) is 7.58. The van der Waals surface area contributed by atoms with E-state index in [9.17, 15) is 0 Å². The normalized spacial score (nSPS) is 22.4. The largest absolute Gasteiger partial charge is 0.397 e. The molecule has 0 bridgehead atoms. The summed E-state index contributed by atoms with van der Waals surface area (Å²) in [5.74, 6) is 0. The van der Waals surface area contributed by atoms with E-state index in [0.29, 0.717) is 6.04 Å². The molecule has 16 heavy (non-hydrogen) atoms. The molecule has 1 aromatic rings. The summed E-state index contributed by atoms with van der Waals surface area (Å²) in [4.78, 5) is 4.67. The summed E-state index contributed by atoms with van der Waals surface area (Å²) >= 11 is 6.02. The number of halogens is 1. The average molecular weight is 240 g/mol. The van der Waals surface area contributed by atoms with Gasteiger partial charge in [-0.15, -0.1) is 0 Å². The highest BCUT2D eigenvalue weighted by Gasteiger charge is 2.23. The molecule has 1 aliphatic heterocycles. The molecule has 1 atom stereocenters. The van der Waals surface area contributed by atoms with Crippen LogP contribution in [-0.4, -0.2) is 37.6 Å². The Morgan fingerprint density at radius 1 is 1.38 bits per heavy atom. The zero-order valence-corrected chi connectivity index (χ0v) is 10.5. The van der Waals surface area contributed by atoms with Crippen LogP contribution in [0.15, 0.2) is 18.2 Å². The molecule has 3 nitrogen and oxygen atoms in total. The second-order valence-electron chi connectivity index (χ2n) is 4.51. The van der Waals surface area contributed by atoms with Crippen LogP contribution in [0, 0.1) is 0 Å². The zero-order valence-electron chi connectivity index (χ0n) is 9.78. The maximum atomic E-state index is 6.02. The van der Waals surface area contributed by atoms with Crippen molar-refractivity contribution in [1.29, 1.82) is 0 Å². The predicted molar refractivity (Wildman–Crippen MR) is 70.2 cm³/mol. The molecule has 1 saturated heterocycles. The van der Waals surface area contributed by atoms with Crippen LogP contribution < -0.4 is 10.6 Å². The summed E-state index contributed by atoms with van der Waals surface area (Å²) in [5, 5.41) is 0.746. The number of piperazine rings is 1. The molecule has 1 unspecified atom stereocenters. The minimum absolute atomic E-state index is 0.472. The van der Waals surface area contributed by atoms with Crippen LogP contribution in [0.3, 0.4) is 0 Å². The minimum atomic E-state index is 0.472. The van der Waals surface area contributed by atoms with Crippen LogP contribution in [0.2, 0.25) is 5.02 Å². The monoisotopic (exact) mass is 239 g/mol. The van der Waals surface area contributed by atoms with E-state index in [1.165, 1.54) is 0 Å². The SMILES string of the molecule is CC1CN(C)CCN1c1cc(Cl)ccc1N. The second kappa shape index (κ2) is 4.52. The molecule has 0 spiro atoms. The number of nitrogens with zero attached hydrogens (tertiary/aromatic N) is 2. The summed E-state index contributed by atoms with van der Waals surface area (Å²) in [5.41, 5.74) is 7.87. The van der Waals surface area contributed by atoms with Crippen molar-refractivity contribution in [3.63, 3.8) is 0 Å². The Bertz CT molecular complexity index is 381. The maximum absolute atomic E-state index is 6.02. The lowest BCUT2D eigenvalue weighted by atomic mass is 10.1. The van der Waals surface area contributed by atoms with E-state index in [2.05, 4.69) is 23.8 Å². The van der Waals surface area contributed by atoms with E-state index >= 15 is 0 Å². The van der Waals surface area contributed by atoms with Crippen molar-refractivity contribution in [2.75, 3.05) is 37.3 Å². The topological polar surface area (TPSA) is 32.5 Å². The molecular formula is C12H18ClN3. The average Bonchev–Trinajstić information content (AvgIpc) is 2.22. The number of hydrogen-bond acceptors (Lipinski definition) is 3. The summed E-state index contributed by atoms with van der Waals surface area (Å²) < 4.78 is 0. The fourth-order valence-electron chi connectivity index (χ4n) is 2.26. The molecule has 1 aromatic carbocycles. The fourth-order valence-corrected chi connectivity index (χ4v) is 2.43. The van der Waals surface area contributed by atoms with E-state index in [4.69, 9.17) is 17.3 Å². The molecule has 1 heterocycles. The van der Waals surface area contributed by atoms with Gasteiger partial charge in [-0.1, -0.05) is 11.6 Å². The number of nitrogen functional groups attached to an aromatic ring is 1. The van der Waals surface area contributed by atoms with Gasteiger partial charge in [0.1, 0.15) is 0 Å². The van der Waals surface area contributed by atoms with Crippen LogP contribution >= 0.6 is 11.6 Å². The van der Waals surface area contributed by atoms with Gasteiger partial charge in [0.25, 0.3) is 0 Å². The van der Waals surface area contributed by atoms with Gasteiger partial charge >= 0.3 is 0 Å². The third-order valence-corrected chi connectivity index (χ3v) is 3.37. The highest BCUT2D eigenvalue weighted by molar-refractivity contribution is 6.31. The predicted octanol–water partition coefficient (Wildman–Crippen LogP) is 2.06. The summed E-state index contributed by atoms with van der Waals surface area (Å²) in [7, 11) is 2.15. The zero-order chi connectivity index (χ0) is 11.7. The van der Waals surface area contributed by atoms with E-state index in [0.717, 1.165) is 36.0 Å². The Morgan fingerprint density at radius 3 is 2.81 bits per heavy atom. The van der Waals surface area contributed by atoms with Crippen molar-refractivity contribution < 1.29 is 0 Å². The van der Waals surface area contributed by atoms with E-state index in [-0.39, 0.29) is 0 Å². The highest BCUT2D eigenvalue weighted by atomic mass is 35.5. The molecule has 1 fully saturated rings. The van der Waals surface area contributed by atoms with Gasteiger partial charge in [0.15, 0.2) is 0 Å².